The van der Waals surface area contributed by atoms with E-state index in [1.165, 1.54) is 16.7 Å². The van der Waals surface area contributed by atoms with Gasteiger partial charge < -0.3 is 15.2 Å². The summed E-state index contributed by atoms with van der Waals surface area (Å²) in [6, 6.07) is 9.44. The van der Waals surface area contributed by atoms with Crippen molar-refractivity contribution in [2.45, 2.75) is 63.5 Å². The van der Waals surface area contributed by atoms with Gasteiger partial charge in [-0.1, -0.05) is 37.1 Å². The summed E-state index contributed by atoms with van der Waals surface area (Å²) < 4.78 is 47.1. The Hall–Kier alpha value is -2.58. The van der Waals surface area contributed by atoms with Gasteiger partial charge in [-0.05, 0) is 54.9 Å². The number of pyridine rings is 1. The summed E-state index contributed by atoms with van der Waals surface area (Å²) >= 11 is 0. The molecule has 0 amide bonds. The van der Waals surface area contributed by atoms with Crippen molar-refractivity contribution in [2.24, 2.45) is 0 Å². The molecular formula is C28H36F3N3O2. The summed E-state index contributed by atoms with van der Waals surface area (Å²) in [5.74, 6) is -1.98. The van der Waals surface area contributed by atoms with Gasteiger partial charge in [0.25, 0.3) is 5.92 Å². The maximum Gasteiger partial charge on any atom is 0.283 e. The minimum absolute atomic E-state index is 0.163. The van der Waals surface area contributed by atoms with E-state index < -0.39 is 25.1 Å². The van der Waals surface area contributed by atoms with Crippen molar-refractivity contribution in [3.63, 3.8) is 0 Å². The Bertz CT molecular complexity index is 1080. The van der Waals surface area contributed by atoms with E-state index >= 15 is 0 Å². The second kappa shape index (κ2) is 11.6. The number of fused-ring (bicyclic) bond motifs is 2. The fraction of sp³-hybridized carbons (Fsp3) is 0.536. The number of benzene rings is 1. The molecule has 36 heavy (non-hydrogen) atoms. The average Bonchev–Trinajstić information content (AvgIpc) is 3.24. The lowest BCUT2D eigenvalue weighted by atomic mass is 9.85. The number of methoxy groups -OCH3 is 1. The number of hydrogen-bond acceptors (Lipinski definition) is 5. The summed E-state index contributed by atoms with van der Waals surface area (Å²) in [4.78, 5) is 6.39. The number of ether oxygens (including phenoxy) is 1. The van der Waals surface area contributed by atoms with Crippen LogP contribution < -0.4 is 10.1 Å². The van der Waals surface area contributed by atoms with Crippen LogP contribution in [0.25, 0.3) is 5.57 Å². The fourth-order valence-corrected chi connectivity index (χ4v) is 5.47. The van der Waals surface area contributed by atoms with Crippen LogP contribution in [0.5, 0.6) is 5.75 Å². The number of aromatic nitrogens is 1. The number of halogens is 3. The molecule has 1 aromatic carbocycles. The van der Waals surface area contributed by atoms with Gasteiger partial charge in [-0.3, -0.25) is 9.29 Å². The highest BCUT2D eigenvalue weighted by Gasteiger charge is 2.44. The molecule has 4 rings (SSSR count). The Labute approximate surface area is 211 Å². The molecule has 0 bridgehead atoms. The van der Waals surface area contributed by atoms with Crippen molar-refractivity contribution in [1.82, 2.24) is 9.88 Å². The molecule has 0 saturated heterocycles. The monoisotopic (exact) mass is 503 g/mol. The van der Waals surface area contributed by atoms with Crippen molar-refractivity contribution < 1.29 is 23.0 Å². The molecular weight excluding hydrogens is 467 g/mol. The van der Waals surface area contributed by atoms with E-state index in [4.69, 9.17) is 4.74 Å². The molecule has 1 aliphatic heterocycles. The van der Waals surface area contributed by atoms with E-state index in [0.29, 0.717) is 37.4 Å². The van der Waals surface area contributed by atoms with Crippen molar-refractivity contribution in [1.29, 1.82) is 0 Å². The molecule has 0 saturated carbocycles. The highest BCUT2D eigenvalue weighted by atomic mass is 19.3. The van der Waals surface area contributed by atoms with Gasteiger partial charge in [-0.15, -0.1) is 0 Å². The number of nitrogens with zero attached hydrogens (tertiary/aromatic N) is 2. The molecule has 1 aromatic heterocycles. The molecule has 0 radical (unpaired) electrons. The zero-order valence-electron chi connectivity index (χ0n) is 21.1. The van der Waals surface area contributed by atoms with E-state index in [1.807, 2.05) is 25.1 Å². The molecule has 0 unspecified atom stereocenters. The van der Waals surface area contributed by atoms with Crippen LogP contribution in [-0.2, 0) is 6.42 Å². The number of nitrogens with one attached hydrogen (secondary N) is 1. The molecule has 2 aromatic rings. The van der Waals surface area contributed by atoms with Crippen LogP contribution in [0.4, 0.5) is 19.0 Å². The molecule has 0 spiro atoms. The third kappa shape index (κ3) is 5.70. The first-order chi connectivity index (χ1) is 17.4. The molecule has 2 heterocycles. The molecule has 2 atom stereocenters. The Morgan fingerprint density at radius 3 is 2.72 bits per heavy atom. The van der Waals surface area contributed by atoms with Crippen LogP contribution in [0, 0.1) is 0 Å². The summed E-state index contributed by atoms with van der Waals surface area (Å²) in [5, 5.41) is 12.6. The standard InChI is InChI=1S/C28H36F3N3O2/c1-19-13-22-21-10-6-5-9-20(21)14-23(22)27(34(19)17-28(30,31)18-35)24-16-33-26(15-25(24)36-2)32-12-8-4-3-7-11-29/h5-6,9-10,15-16,19,27,35H,3-4,7-8,11-14,17-18H2,1-2H3,(H,32,33)/t19-,27+/m1/s1. The molecule has 0 fully saturated rings. The predicted molar refractivity (Wildman–Crippen MR) is 136 cm³/mol. The third-order valence-corrected chi connectivity index (χ3v) is 7.26. The first-order valence-electron chi connectivity index (χ1n) is 12.8. The number of alkyl halides is 3. The van der Waals surface area contributed by atoms with Crippen LogP contribution in [0.2, 0.25) is 0 Å². The number of hydrogen-bond donors (Lipinski definition) is 2. The van der Waals surface area contributed by atoms with E-state index in [9.17, 15) is 18.3 Å². The highest BCUT2D eigenvalue weighted by molar-refractivity contribution is 5.79. The average molecular weight is 504 g/mol. The van der Waals surface area contributed by atoms with Crippen LogP contribution in [0.3, 0.4) is 0 Å². The molecule has 2 N–H and O–H groups in total. The molecule has 196 valence electrons. The van der Waals surface area contributed by atoms with Crippen molar-refractivity contribution in [3.05, 3.63) is 58.8 Å². The van der Waals surface area contributed by atoms with Gasteiger partial charge in [0.05, 0.1) is 26.4 Å². The number of aliphatic hydroxyl groups excluding tert-OH is 1. The molecule has 2 aliphatic rings. The van der Waals surface area contributed by atoms with Gasteiger partial charge in [0.15, 0.2) is 0 Å². The second-order valence-corrected chi connectivity index (χ2v) is 9.82. The predicted octanol–water partition coefficient (Wildman–Crippen LogP) is 5.80. The first kappa shape index (κ1) is 26.5. The smallest absolute Gasteiger partial charge is 0.283 e. The largest absolute Gasteiger partial charge is 0.496 e. The normalized spacial score (nSPS) is 19.8. The summed E-state index contributed by atoms with van der Waals surface area (Å²) in [6.07, 6.45) is 6.39. The van der Waals surface area contributed by atoms with Crippen molar-refractivity contribution in [2.75, 3.05) is 38.8 Å². The van der Waals surface area contributed by atoms with Gasteiger partial charge >= 0.3 is 0 Å². The van der Waals surface area contributed by atoms with Crippen molar-refractivity contribution >= 4 is 11.4 Å². The lowest BCUT2D eigenvalue weighted by molar-refractivity contribution is -0.0858. The Morgan fingerprint density at radius 2 is 1.97 bits per heavy atom. The minimum atomic E-state index is -3.22. The highest BCUT2D eigenvalue weighted by Crippen LogP contribution is 2.50. The number of unbranched alkanes of at least 4 members (excludes halogenated alkanes) is 3. The summed E-state index contributed by atoms with van der Waals surface area (Å²) in [6.45, 7) is 0.646. The Morgan fingerprint density at radius 1 is 1.19 bits per heavy atom. The first-order valence-corrected chi connectivity index (χ1v) is 12.8. The Kier molecular flexibility index (Phi) is 8.57. The van der Waals surface area contributed by atoms with Gasteiger partial charge in [-0.2, -0.15) is 0 Å². The Balaban J connectivity index is 1.65. The summed E-state index contributed by atoms with van der Waals surface area (Å²) in [5.41, 5.74) is 5.44. The van der Waals surface area contributed by atoms with Crippen LogP contribution in [-0.4, -0.2) is 60.4 Å². The van der Waals surface area contributed by atoms with E-state index in [1.54, 1.807) is 18.2 Å². The van der Waals surface area contributed by atoms with E-state index in [2.05, 4.69) is 22.4 Å². The maximum atomic E-state index is 14.5. The molecule has 8 heteroatoms. The lowest BCUT2D eigenvalue weighted by Crippen LogP contribution is -2.48. The van der Waals surface area contributed by atoms with Crippen molar-refractivity contribution in [3.8, 4) is 5.75 Å². The second-order valence-electron chi connectivity index (χ2n) is 9.82. The van der Waals surface area contributed by atoms with Crippen LogP contribution in [0.1, 0.15) is 61.8 Å². The lowest BCUT2D eigenvalue weighted by Gasteiger charge is -2.43. The fourth-order valence-electron chi connectivity index (χ4n) is 5.47. The maximum absolute atomic E-state index is 14.5. The topological polar surface area (TPSA) is 57.6 Å². The minimum Gasteiger partial charge on any atom is -0.496 e. The molecule has 5 nitrogen and oxygen atoms in total. The number of anilines is 1. The van der Waals surface area contributed by atoms with Crippen LogP contribution in [0.15, 0.2) is 42.1 Å². The van der Waals surface area contributed by atoms with Gasteiger partial charge in [0.1, 0.15) is 18.2 Å². The van der Waals surface area contributed by atoms with Gasteiger partial charge in [0, 0.05) is 30.4 Å². The van der Waals surface area contributed by atoms with Crippen LogP contribution >= 0.6 is 0 Å². The number of rotatable bonds is 12. The van der Waals surface area contributed by atoms with Gasteiger partial charge in [-0.25, -0.2) is 13.8 Å². The SMILES string of the molecule is COc1cc(NCCCCCCF)ncc1[C@@H]1C2=C(C[C@@H](C)N1CC(F)(F)CO)c1ccccc1C2. The zero-order chi connectivity index (χ0) is 25.7. The zero-order valence-corrected chi connectivity index (χ0v) is 21.1. The molecule has 1 aliphatic carbocycles. The summed E-state index contributed by atoms with van der Waals surface area (Å²) in [7, 11) is 1.58. The third-order valence-electron chi connectivity index (χ3n) is 7.26. The number of aliphatic hydroxyl groups is 1. The van der Waals surface area contributed by atoms with E-state index in [-0.39, 0.29) is 12.7 Å². The van der Waals surface area contributed by atoms with Gasteiger partial charge in [0.2, 0.25) is 0 Å². The quantitative estimate of drug-likeness (QED) is 0.358. The van der Waals surface area contributed by atoms with E-state index in [0.717, 1.165) is 30.4 Å².